The first kappa shape index (κ1) is 12.4. The van der Waals surface area contributed by atoms with Gasteiger partial charge in [-0.2, -0.15) is 0 Å². The zero-order chi connectivity index (χ0) is 14.4. The molecule has 0 amide bonds. The van der Waals surface area contributed by atoms with Gasteiger partial charge in [-0.1, -0.05) is 6.42 Å². The molecule has 6 nitrogen and oxygen atoms in total. The van der Waals surface area contributed by atoms with Crippen molar-refractivity contribution in [3.05, 3.63) is 28.9 Å². The number of nitrogens with zero attached hydrogens (tertiary/aromatic N) is 2. The Kier molecular flexibility index (Phi) is 2.70. The zero-order valence-corrected chi connectivity index (χ0v) is 11.5. The van der Waals surface area contributed by atoms with Crippen molar-refractivity contribution in [3.63, 3.8) is 0 Å². The number of hydrogen-bond donors (Lipinski definition) is 2. The number of aromatic amines is 2. The van der Waals surface area contributed by atoms with E-state index in [0.29, 0.717) is 0 Å². The van der Waals surface area contributed by atoms with Crippen molar-refractivity contribution in [2.24, 2.45) is 5.92 Å². The van der Waals surface area contributed by atoms with Crippen molar-refractivity contribution < 1.29 is 4.79 Å². The fourth-order valence-electron chi connectivity index (χ4n) is 3.53. The standard InChI is InChI=1S/C15H16N4O2/c20-8-9-2-1-3-10(6-9)19-13-11-4-5-16-14(11)17-7-12(13)18-15(19)21/h4-5,7-10H,1-3,6H2,(H,16,17)(H,18,21)/t9-,10-/m0/s1. The predicted molar refractivity (Wildman–Crippen MR) is 79.3 cm³/mol. The summed E-state index contributed by atoms with van der Waals surface area (Å²) in [5.41, 5.74) is 2.30. The largest absolute Gasteiger partial charge is 0.346 e. The van der Waals surface area contributed by atoms with Crippen LogP contribution in [0.2, 0.25) is 0 Å². The summed E-state index contributed by atoms with van der Waals surface area (Å²) in [4.78, 5) is 33.7. The summed E-state index contributed by atoms with van der Waals surface area (Å²) in [5.74, 6) is 0.0594. The second-order valence-electron chi connectivity index (χ2n) is 5.78. The summed E-state index contributed by atoms with van der Waals surface area (Å²) in [7, 11) is 0. The Morgan fingerprint density at radius 3 is 3.14 bits per heavy atom. The average molecular weight is 284 g/mol. The van der Waals surface area contributed by atoms with Crippen molar-refractivity contribution >= 4 is 28.4 Å². The molecule has 2 N–H and O–H groups in total. The van der Waals surface area contributed by atoms with Gasteiger partial charge in [-0.05, 0) is 25.3 Å². The molecule has 6 heteroatoms. The molecule has 2 atom stereocenters. The molecule has 3 heterocycles. The number of aromatic nitrogens is 4. The van der Waals surface area contributed by atoms with Gasteiger partial charge in [0.05, 0.1) is 17.2 Å². The van der Waals surface area contributed by atoms with Gasteiger partial charge in [-0.15, -0.1) is 0 Å². The molecule has 3 aromatic heterocycles. The van der Waals surface area contributed by atoms with Crippen molar-refractivity contribution in [2.75, 3.05) is 0 Å². The van der Waals surface area contributed by atoms with Crippen LogP contribution >= 0.6 is 0 Å². The Morgan fingerprint density at radius 1 is 1.38 bits per heavy atom. The lowest BCUT2D eigenvalue weighted by molar-refractivity contribution is -0.112. The van der Waals surface area contributed by atoms with Crippen LogP contribution in [0.25, 0.3) is 22.1 Å². The number of aldehydes is 1. The minimum atomic E-state index is -0.114. The third-order valence-electron chi connectivity index (χ3n) is 4.50. The maximum absolute atomic E-state index is 12.4. The lowest BCUT2D eigenvalue weighted by Gasteiger charge is -2.27. The third kappa shape index (κ3) is 1.82. The van der Waals surface area contributed by atoms with E-state index in [4.69, 9.17) is 0 Å². The zero-order valence-electron chi connectivity index (χ0n) is 11.5. The molecule has 108 valence electrons. The molecule has 21 heavy (non-hydrogen) atoms. The minimum Gasteiger partial charge on any atom is -0.346 e. The van der Waals surface area contributed by atoms with E-state index in [0.717, 1.165) is 54.0 Å². The molecule has 4 rings (SSSR count). The smallest absolute Gasteiger partial charge is 0.326 e. The molecule has 0 unspecified atom stereocenters. The van der Waals surface area contributed by atoms with Crippen LogP contribution in [0.3, 0.4) is 0 Å². The van der Waals surface area contributed by atoms with Crippen molar-refractivity contribution in [1.29, 1.82) is 0 Å². The SMILES string of the molecule is O=C[C@H]1CCC[C@H](n2c(=O)[nH]c3cnc4[nH]ccc4c32)C1. The topological polar surface area (TPSA) is 83.5 Å². The first-order valence-electron chi connectivity index (χ1n) is 7.29. The number of hydrogen-bond acceptors (Lipinski definition) is 3. The van der Waals surface area contributed by atoms with Gasteiger partial charge in [-0.3, -0.25) is 4.57 Å². The summed E-state index contributed by atoms with van der Waals surface area (Å²) < 4.78 is 1.82. The lowest BCUT2D eigenvalue weighted by Crippen LogP contribution is -2.27. The predicted octanol–water partition coefficient (Wildman–Crippen LogP) is 2.14. The number of nitrogens with one attached hydrogen (secondary N) is 2. The quantitative estimate of drug-likeness (QED) is 0.707. The molecule has 1 saturated carbocycles. The van der Waals surface area contributed by atoms with E-state index in [-0.39, 0.29) is 17.6 Å². The van der Waals surface area contributed by atoms with Crippen LogP contribution in [-0.2, 0) is 4.79 Å². The molecular weight excluding hydrogens is 268 g/mol. The summed E-state index contributed by atoms with van der Waals surface area (Å²) in [5, 5.41) is 0.944. The van der Waals surface area contributed by atoms with Gasteiger partial charge in [0.15, 0.2) is 0 Å². The van der Waals surface area contributed by atoms with Crippen molar-refractivity contribution in [2.45, 2.75) is 31.7 Å². The second-order valence-corrected chi connectivity index (χ2v) is 5.78. The van der Waals surface area contributed by atoms with Crippen LogP contribution in [0.15, 0.2) is 23.3 Å². The summed E-state index contributed by atoms with van der Waals surface area (Å²) in [6.07, 6.45) is 8.13. The van der Waals surface area contributed by atoms with E-state index in [9.17, 15) is 9.59 Å². The molecule has 1 aliphatic carbocycles. The number of rotatable bonds is 2. The Morgan fingerprint density at radius 2 is 2.29 bits per heavy atom. The molecule has 0 bridgehead atoms. The van der Waals surface area contributed by atoms with E-state index < -0.39 is 0 Å². The molecule has 0 radical (unpaired) electrons. The highest BCUT2D eigenvalue weighted by molar-refractivity contribution is 6.00. The number of carbonyl (C=O) groups excluding carboxylic acids is 1. The van der Waals surface area contributed by atoms with Crippen LogP contribution in [0.1, 0.15) is 31.7 Å². The molecular formula is C15H16N4O2. The van der Waals surface area contributed by atoms with Gasteiger partial charge in [0.2, 0.25) is 0 Å². The molecule has 0 aliphatic heterocycles. The Hall–Kier alpha value is -2.37. The van der Waals surface area contributed by atoms with Gasteiger partial charge in [-0.25, -0.2) is 9.78 Å². The van der Waals surface area contributed by atoms with Crippen LogP contribution in [-0.4, -0.2) is 25.8 Å². The van der Waals surface area contributed by atoms with E-state index >= 15 is 0 Å². The Balaban J connectivity index is 1.94. The summed E-state index contributed by atoms with van der Waals surface area (Å²) >= 11 is 0. The van der Waals surface area contributed by atoms with E-state index in [1.807, 2.05) is 16.8 Å². The molecule has 1 fully saturated rings. The lowest BCUT2D eigenvalue weighted by atomic mass is 9.86. The van der Waals surface area contributed by atoms with E-state index in [1.165, 1.54) is 0 Å². The van der Waals surface area contributed by atoms with Gasteiger partial charge < -0.3 is 14.8 Å². The Bertz CT molecular complexity index is 873. The number of imidazole rings is 1. The number of carbonyl (C=O) groups is 1. The molecule has 3 aromatic rings. The van der Waals surface area contributed by atoms with E-state index in [1.54, 1.807) is 6.20 Å². The van der Waals surface area contributed by atoms with Crippen LogP contribution in [0.4, 0.5) is 0 Å². The molecule has 0 aromatic carbocycles. The van der Waals surface area contributed by atoms with Gasteiger partial charge in [0.1, 0.15) is 11.9 Å². The van der Waals surface area contributed by atoms with Gasteiger partial charge in [0.25, 0.3) is 0 Å². The average Bonchev–Trinajstić information content (AvgIpc) is 3.09. The number of pyridine rings is 1. The third-order valence-corrected chi connectivity index (χ3v) is 4.50. The van der Waals surface area contributed by atoms with Crippen LogP contribution in [0, 0.1) is 5.92 Å². The first-order valence-corrected chi connectivity index (χ1v) is 7.29. The highest BCUT2D eigenvalue weighted by atomic mass is 16.1. The summed E-state index contributed by atoms with van der Waals surface area (Å²) in [6.45, 7) is 0. The molecule has 0 spiro atoms. The Labute approximate surface area is 120 Å². The first-order chi connectivity index (χ1) is 10.3. The van der Waals surface area contributed by atoms with Crippen LogP contribution in [0.5, 0.6) is 0 Å². The molecule has 1 aliphatic rings. The fraction of sp³-hybridized carbons (Fsp3) is 0.400. The minimum absolute atomic E-state index is 0.0594. The summed E-state index contributed by atoms with van der Waals surface area (Å²) in [6, 6.07) is 2.02. The monoisotopic (exact) mass is 284 g/mol. The van der Waals surface area contributed by atoms with Crippen LogP contribution < -0.4 is 5.69 Å². The highest BCUT2D eigenvalue weighted by Gasteiger charge is 2.26. The normalized spacial score (nSPS) is 22.9. The fourth-order valence-corrected chi connectivity index (χ4v) is 3.53. The van der Waals surface area contributed by atoms with Crippen molar-refractivity contribution in [1.82, 2.24) is 19.5 Å². The number of fused-ring (bicyclic) bond motifs is 3. The second kappa shape index (κ2) is 4.58. The molecule has 0 saturated heterocycles. The van der Waals surface area contributed by atoms with Gasteiger partial charge >= 0.3 is 5.69 Å². The highest BCUT2D eigenvalue weighted by Crippen LogP contribution is 2.33. The maximum Gasteiger partial charge on any atom is 0.326 e. The van der Waals surface area contributed by atoms with Gasteiger partial charge in [0, 0.05) is 23.5 Å². The number of H-pyrrole nitrogens is 2. The van der Waals surface area contributed by atoms with Crippen molar-refractivity contribution in [3.8, 4) is 0 Å². The van der Waals surface area contributed by atoms with E-state index in [2.05, 4.69) is 15.0 Å². The maximum atomic E-state index is 12.4.